The first-order valence-electron chi connectivity index (χ1n) is 5.21. The third-order valence-corrected chi connectivity index (χ3v) is 4.58. The molecule has 0 amide bonds. The second kappa shape index (κ2) is 6.21. The van der Waals surface area contributed by atoms with E-state index in [4.69, 9.17) is 5.11 Å². The molecule has 0 saturated heterocycles. The first kappa shape index (κ1) is 15.0. The highest BCUT2D eigenvalue weighted by Gasteiger charge is 2.18. The number of hydrogen-bond donors (Lipinski definition) is 2. The van der Waals surface area contributed by atoms with E-state index in [-0.39, 0.29) is 16.5 Å². The molecule has 2 N–H and O–H groups in total. The van der Waals surface area contributed by atoms with Crippen LogP contribution in [-0.4, -0.2) is 37.5 Å². The summed E-state index contributed by atoms with van der Waals surface area (Å²) in [7, 11) is -3.66. The fourth-order valence-electron chi connectivity index (χ4n) is 1.41. The molecule has 7 heteroatoms. The van der Waals surface area contributed by atoms with Gasteiger partial charge < -0.3 is 5.11 Å². The molecule has 1 aromatic carbocycles. The molecule has 0 saturated carbocycles. The third-order valence-electron chi connectivity index (χ3n) is 2.16. The van der Waals surface area contributed by atoms with E-state index in [0.717, 1.165) is 6.07 Å². The summed E-state index contributed by atoms with van der Waals surface area (Å²) in [5.41, 5.74) is -0.0459. The summed E-state index contributed by atoms with van der Waals surface area (Å²) in [6.45, 7) is 1.76. The Morgan fingerprint density at radius 2 is 2.17 bits per heavy atom. The Kier molecular flexibility index (Phi) is 5.18. The molecular formula is C11H15NO4S2. The summed E-state index contributed by atoms with van der Waals surface area (Å²) in [6, 6.07) is 5.08. The molecule has 0 bridgehead atoms. The molecule has 1 rings (SSSR count). The molecule has 0 spiro atoms. The number of thioether (sulfide) groups is 1. The van der Waals surface area contributed by atoms with Gasteiger partial charge in [-0.25, -0.2) is 17.9 Å². The van der Waals surface area contributed by atoms with Crippen LogP contribution in [0.1, 0.15) is 17.3 Å². The van der Waals surface area contributed by atoms with Crippen molar-refractivity contribution in [3.05, 3.63) is 29.8 Å². The molecule has 100 valence electrons. The lowest BCUT2D eigenvalue weighted by atomic mass is 10.2. The quantitative estimate of drug-likeness (QED) is 0.827. The van der Waals surface area contributed by atoms with E-state index in [9.17, 15) is 13.2 Å². The predicted octanol–water partition coefficient (Wildman–Crippen LogP) is 1.41. The highest BCUT2D eigenvalue weighted by Crippen LogP contribution is 2.12. The van der Waals surface area contributed by atoms with E-state index >= 15 is 0 Å². The van der Waals surface area contributed by atoms with Crippen molar-refractivity contribution in [1.29, 1.82) is 0 Å². The number of carboxylic acid groups (broad SMARTS) is 1. The average Bonchev–Trinajstić information content (AvgIpc) is 2.28. The van der Waals surface area contributed by atoms with Gasteiger partial charge in [-0.05, 0) is 31.4 Å². The van der Waals surface area contributed by atoms with Crippen LogP contribution >= 0.6 is 11.8 Å². The van der Waals surface area contributed by atoms with Crippen LogP contribution in [0.2, 0.25) is 0 Å². The summed E-state index contributed by atoms with van der Waals surface area (Å²) in [6.07, 6.45) is 1.88. The lowest BCUT2D eigenvalue weighted by molar-refractivity contribution is 0.0696. The number of rotatable bonds is 6. The minimum absolute atomic E-state index is 0.0321. The van der Waals surface area contributed by atoms with Crippen molar-refractivity contribution in [2.45, 2.75) is 17.9 Å². The summed E-state index contributed by atoms with van der Waals surface area (Å²) in [5.74, 6) is -0.498. The molecule has 1 aromatic rings. The van der Waals surface area contributed by atoms with Gasteiger partial charge in [-0.3, -0.25) is 0 Å². The first-order valence-corrected chi connectivity index (χ1v) is 8.09. The maximum Gasteiger partial charge on any atom is 0.335 e. The van der Waals surface area contributed by atoms with Crippen molar-refractivity contribution >= 4 is 27.8 Å². The van der Waals surface area contributed by atoms with Gasteiger partial charge in [0.2, 0.25) is 10.0 Å². The Balaban J connectivity index is 2.98. The average molecular weight is 289 g/mol. The number of sulfonamides is 1. The Morgan fingerprint density at radius 3 is 2.72 bits per heavy atom. The highest BCUT2D eigenvalue weighted by atomic mass is 32.2. The zero-order valence-corrected chi connectivity index (χ0v) is 11.7. The van der Waals surface area contributed by atoms with Gasteiger partial charge in [0.15, 0.2) is 0 Å². The fraction of sp³-hybridized carbons (Fsp3) is 0.364. The number of aromatic carboxylic acids is 1. The molecule has 1 unspecified atom stereocenters. The third kappa shape index (κ3) is 4.01. The Hall–Kier alpha value is -1.05. The van der Waals surface area contributed by atoms with Crippen molar-refractivity contribution in [2.24, 2.45) is 0 Å². The molecule has 0 aliphatic carbocycles. The minimum atomic E-state index is -3.66. The number of benzene rings is 1. The summed E-state index contributed by atoms with van der Waals surface area (Å²) >= 11 is 1.53. The van der Waals surface area contributed by atoms with Gasteiger partial charge in [0.05, 0.1) is 10.5 Å². The SMILES string of the molecule is CSCC(C)NS(=O)(=O)c1cccc(C(=O)O)c1. The zero-order chi connectivity index (χ0) is 13.8. The largest absolute Gasteiger partial charge is 0.478 e. The van der Waals surface area contributed by atoms with E-state index in [1.54, 1.807) is 6.92 Å². The molecule has 0 aliphatic rings. The molecule has 0 radical (unpaired) electrons. The van der Waals surface area contributed by atoms with Crippen molar-refractivity contribution in [1.82, 2.24) is 4.72 Å². The monoisotopic (exact) mass is 289 g/mol. The Morgan fingerprint density at radius 1 is 1.50 bits per heavy atom. The molecule has 5 nitrogen and oxygen atoms in total. The normalized spacial score (nSPS) is 13.2. The molecule has 0 heterocycles. The predicted molar refractivity (Wildman–Crippen MR) is 71.6 cm³/mol. The van der Waals surface area contributed by atoms with E-state index in [1.807, 2.05) is 6.26 Å². The van der Waals surface area contributed by atoms with Crippen LogP contribution in [0.25, 0.3) is 0 Å². The second-order valence-corrected chi connectivity index (χ2v) is 6.44. The molecule has 0 aliphatic heterocycles. The van der Waals surface area contributed by atoms with Gasteiger partial charge in [0.25, 0.3) is 0 Å². The number of nitrogens with one attached hydrogen (secondary N) is 1. The maximum atomic E-state index is 12.0. The molecule has 0 aromatic heterocycles. The van der Waals surface area contributed by atoms with Gasteiger partial charge in [0, 0.05) is 11.8 Å². The maximum absolute atomic E-state index is 12.0. The van der Waals surface area contributed by atoms with Gasteiger partial charge in [-0.15, -0.1) is 0 Å². The van der Waals surface area contributed by atoms with E-state index < -0.39 is 16.0 Å². The van der Waals surface area contributed by atoms with Crippen molar-refractivity contribution in [2.75, 3.05) is 12.0 Å². The molecule has 18 heavy (non-hydrogen) atoms. The van der Waals surface area contributed by atoms with Crippen LogP contribution in [0, 0.1) is 0 Å². The second-order valence-electron chi connectivity index (χ2n) is 3.81. The van der Waals surface area contributed by atoms with E-state index in [2.05, 4.69) is 4.72 Å². The summed E-state index contributed by atoms with van der Waals surface area (Å²) < 4.78 is 26.5. The Bertz CT molecular complexity index is 528. The van der Waals surface area contributed by atoms with Gasteiger partial charge >= 0.3 is 5.97 Å². The standard InChI is InChI=1S/C11H15NO4S2/c1-8(7-17-2)12-18(15,16)10-5-3-4-9(6-10)11(13)14/h3-6,8,12H,7H2,1-2H3,(H,13,14). The lowest BCUT2D eigenvalue weighted by Crippen LogP contribution is -2.34. The topological polar surface area (TPSA) is 83.5 Å². The van der Waals surface area contributed by atoms with Crippen molar-refractivity contribution in [3.8, 4) is 0 Å². The van der Waals surface area contributed by atoms with Gasteiger partial charge in [-0.2, -0.15) is 11.8 Å². The molecule has 1 atom stereocenters. The number of carbonyl (C=O) groups is 1. The van der Waals surface area contributed by atoms with E-state index in [1.165, 1.54) is 30.0 Å². The van der Waals surface area contributed by atoms with E-state index in [0.29, 0.717) is 5.75 Å². The van der Waals surface area contributed by atoms with Crippen LogP contribution in [0.15, 0.2) is 29.2 Å². The zero-order valence-electron chi connectivity index (χ0n) is 10.1. The summed E-state index contributed by atoms with van der Waals surface area (Å²) in [4.78, 5) is 10.8. The van der Waals surface area contributed by atoms with Crippen LogP contribution in [0.4, 0.5) is 0 Å². The highest BCUT2D eigenvalue weighted by molar-refractivity contribution is 7.98. The van der Waals surface area contributed by atoms with Crippen molar-refractivity contribution in [3.63, 3.8) is 0 Å². The Labute approximate surface area is 111 Å². The van der Waals surface area contributed by atoms with Crippen LogP contribution in [0.5, 0.6) is 0 Å². The van der Waals surface area contributed by atoms with Crippen LogP contribution in [-0.2, 0) is 10.0 Å². The number of hydrogen-bond acceptors (Lipinski definition) is 4. The van der Waals surface area contributed by atoms with Crippen LogP contribution in [0.3, 0.4) is 0 Å². The first-order chi connectivity index (χ1) is 8.36. The lowest BCUT2D eigenvalue weighted by Gasteiger charge is -2.13. The molecule has 0 fully saturated rings. The fourth-order valence-corrected chi connectivity index (χ4v) is 3.39. The van der Waals surface area contributed by atoms with Gasteiger partial charge in [-0.1, -0.05) is 6.07 Å². The number of carboxylic acids is 1. The van der Waals surface area contributed by atoms with Gasteiger partial charge in [0.1, 0.15) is 0 Å². The van der Waals surface area contributed by atoms with Crippen molar-refractivity contribution < 1.29 is 18.3 Å². The van der Waals surface area contributed by atoms with Crippen LogP contribution < -0.4 is 4.72 Å². The smallest absolute Gasteiger partial charge is 0.335 e. The minimum Gasteiger partial charge on any atom is -0.478 e. The summed E-state index contributed by atoms with van der Waals surface area (Å²) in [5, 5.41) is 8.82. The molecular weight excluding hydrogens is 274 g/mol.